The lowest BCUT2D eigenvalue weighted by atomic mass is 9.91. The van der Waals surface area contributed by atoms with Gasteiger partial charge in [-0.25, -0.2) is 0 Å². The second-order valence-corrected chi connectivity index (χ2v) is 5.46. The van der Waals surface area contributed by atoms with Crippen molar-refractivity contribution in [3.8, 4) is 0 Å². The second-order valence-electron chi connectivity index (χ2n) is 5.46. The minimum absolute atomic E-state index is 0.495. The van der Waals surface area contributed by atoms with Gasteiger partial charge in [-0.15, -0.1) is 0 Å². The van der Waals surface area contributed by atoms with E-state index in [1.54, 1.807) is 14.2 Å². The lowest BCUT2D eigenvalue weighted by Crippen LogP contribution is -2.36. The molecule has 22 heavy (non-hydrogen) atoms. The average Bonchev–Trinajstić information content (AvgIpc) is 2.53. The van der Waals surface area contributed by atoms with Crippen LogP contribution in [0.3, 0.4) is 0 Å². The van der Waals surface area contributed by atoms with Gasteiger partial charge in [-0.3, -0.25) is 0 Å². The maximum atomic E-state index is 6.01. The summed E-state index contributed by atoms with van der Waals surface area (Å²) in [4.78, 5) is 0. The Labute approximate surface area is 132 Å². The molecule has 0 aliphatic carbocycles. The van der Waals surface area contributed by atoms with Crippen LogP contribution in [0, 0.1) is 0 Å². The first-order chi connectivity index (χ1) is 10.7. The molecule has 0 radical (unpaired) electrons. The number of nitrogens with two attached hydrogens (primary N) is 1. The van der Waals surface area contributed by atoms with Gasteiger partial charge in [-0.2, -0.15) is 0 Å². The van der Waals surface area contributed by atoms with Gasteiger partial charge in [-0.05, 0) is 42.2 Å². The third kappa shape index (κ3) is 4.44. The van der Waals surface area contributed by atoms with E-state index in [0.29, 0.717) is 19.8 Å². The predicted molar refractivity (Wildman–Crippen MR) is 89.6 cm³/mol. The summed E-state index contributed by atoms with van der Waals surface area (Å²) < 4.78 is 16.5. The molecule has 1 heterocycles. The third-order valence-electron chi connectivity index (χ3n) is 3.70. The third-order valence-corrected chi connectivity index (χ3v) is 3.70. The van der Waals surface area contributed by atoms with Gasteiger partial charge in [-0.1, -0.05) is 24.3 Å². The summed E-state index contributed by atoms with van der Waals surface area (Å²) in [5, 5.41) is 0. The van der Waals surface area contributed by atoms with Gasteiger partial charge in [0.25, 0.3) is 0 Å². The van der Waals surface area contributed by atoms with E-state index in [1.807, 2.05) is 12.1 Å². The zero-order chi connectivity index (χ0) is 15.8. The van der Waals surface area contributed by atoms with Crippen molar-refractivity contribution in [2.45, 2.75) is 18.4 Å². The van der Waals surface area contributed by atoms with E-state index in [4.69, 9.17) is 19.9 Å². The number of rotatable bonds is 7. The Bertz CT molecular complexity index is 522. The summed E-state index contributed by atoms with van der Waals surface area (Å²) >= 11 is 0. The Balaban J connectivity index is 2.23. The van der Waals surface area contributed by atoms with Crippen LogP contribution in [0.25, 0.3) is 5.57 Å². The van der Waals surface area contributed by atoms with Gasteiger partial charge in [0.1, 0.15) is 5.60 Å². The standard InChI is InChI=1S/C18H25NO3/c1-20-11-4-3-10-18(14-21-2)13-16(9-12-22-18)15-5-7-17(19)8-6-15/h3,5-8,10,13H,4,9,11-12,14,19H2,1-2H3/b10-3-/t18-/m0/s1. The monoisotopic (exact) mass is 303 g/mol. The quantitative estimate of drug-likeness (QED) is 0.478. The van der Waals surface area contributed by atoms with Crippen molar-refractivity contribution in [3.05, 3.63) is 48.1 Å². The van der Waals surface area contributed by atoms with Crippen LogP contribution in [-0.4, -0.2) is 39.6 Å². The molecule has 2 N–H and O–H groups in total. The van der Waals surface area contributed by atoms with Crippen LogP contribution < -0.4 is 5.73 Å². The highest BCUT2D eigenvalue weighted by atomic mass is 16.5. The van der Waals surface area contributed by atoms with E-state index in [2.05, 4.69) is 30.4 Å². The first-order valence-electron chi connectivity index (χ1n) is 7.56. The van der Waals surface area contributed by atoms with E-state index >= 15 is 0 Å². The Morgan fingerprint density at radius 2 is 2.00 bits per heavy atom. The van der Waals surface area contributed by atoms with Crippen LogP contribution in [0.4, 0.5) is 5.69 Å². The maximum Gasteiger partial charge on any atom is 0.128 e. The van der Waals surface area contributed by atoms with Crippen molar-refractivity contribution in [3.63, 3.8) is 0 Å². The molecule has 1 aromatic carbocycles. The van der Waals surface area contributed by atoms with Gasteiger partial charge >= 0.3 is 0 Å². The van der Waals surface area contributed by atoms with Crippen molar-refractivity contribution in [1.29, 1.82) is 0 Å². The summed E-state index contributed by atoms with van der Waals surface area (Å²) in [7, 11) is 3.40. The predicted octanol–water partition coefficient (Wildman–Crippen LogP) is 3.05. The Kier molecular flexibility index (Phi) is 6.19. The molecule has 0 bridgehead atoms. The summed E-state index contributed by atoms with van der Waals surface area (Å²) in [6.45, 7) is 1.87. The van der Waals surface area contributed by atoms with E-state index in [9.17, 15) is 0 Å². The molecule has 120 valence electrons. The summed E-state index contributed by atoms with van der Waals surface area (Å²) in [6.07, 6.45) is 8.07. The smallest absolute Gasteiger partial charge is 0.128 e. The molecule has 1 aromatic rings. The number of anilines is 1. The SMILES string of the molecule is COCC/C=C\[C@@]1(COC)C=C(c2ccc(N)cc2)CCO1. The molecule has 1 atom stereocenters. The summed E-state index contributed by atoms with van der Waals surface area (Å²) in [5.41, 5.74) is 8.49. The number of methoxy groups -OCH3 is 2. The lowest BCUT2D eigenvalue weighted by Gasteiger charge is -2.32. The molecule has 0 amide bonds. The highest BCUT2D eigenvalue weighted by molar-refractivity contribution is 5.69. The molecule has 0 saturated heterocycles. The zero-order valence-electron chi connectivity index (χ0n) is 13.4. The molecule has 4 nitrogen and oxygen atoms in total. The second kappa shape index (κ2) is 8.13. The van der Waals surface area contributed by atoms with Crippen LogP contribution in [0.15, 0.2) is 42.5 Å². The molecule has 0 aromatic heterocycles. The molecule has 2 rings (SSSR count). The van der Waals surface area contributed by atoms with Crippen LogP contribution >= 0.6 is 0 Å². The van der Waals surface area contributed by atoms with E-state index in [-0.39, 0.29) is 0 Å². The zero-order valence-corrected chi connectivity index (χ0v) is 13.4. The minimum atomic E-state index is -0.503. The van der Waals surface area contributed by atoms with Crippen molar-refractivity contribution in [1.82, 2.24) is 0 Å². The number of hydrogen-bond donors (Lipinski definition) is 1. The Morgan fingerprint density at radius 3 is 2.68 bits per heavy atom. The Morgan fingerprint density at radius 1 is 1.23 bits per heavy atom. The van der Waals surface area contributed by atoms with Crippen LogP contribution in [-0.2, 0) is 14.2 Å². The topological polar surface area (TPSA) is 53.7 Å². The molecule has 4 heteroatoms. The molecule has 1 aliphatic heterocycles. The lowest BCUT2D eigenvalue weighted by molar-refractivity contribution is -0.0281. The molecule has 0 spiro atoms. The van der Waals surface area contributed by atoms with Crippen molar-refractivity contribution >= 4 is 11.3 Å². The fourth-order valence-corrected chi connectivity index (χ4v) is 2.61. The first-order valence-corrected chi connectivity index (χ1v) is 7.56. The van der Waals surface area contributed by atoms with Crippen LogP contribution in [0.5, 0.6) is 0 Å². The van der Waals surface area contributed by atoms with Gasteiger partial charge < -0.3 is 19.9 Å². The first kappa shape index (κ1) is 16.7. The molecule has 0 saturated carbocycles. The highest BCUT2D eigenvalue weighted by Crippen LogP contribution is 2.31. The fourth-order valence-electron chi connectivity index (χ4n) is 2.61. The molecule has 1 aliphatic rings. The van der Waals surface area contributed by atoms with Crippen LogP contribution in [0.1, 0.15) is 18.4 Å². The minimum Gasteiger partial charge on any atom is -0.399 e. The fraction of sp³-hybridized carbons (Fsp3) is 0.444. The number of benzene rings is 1. The number of hydrogen-bond acceptors (Lipinski definition) is 4. The van der Waals surface area contributed by atoms with Gasteiger partial charge in [0.15, 0.2) is 0 Å². The van der Waals surface area contributed by atoms with Crippen molar-refractivity contribution in [2.75, 3.05) is 39.8 Å². The summed E-state index contributed by atoms with van der Waals surface area (Å²) in [6, 6.07) is 7.97. The molecular formula is C18H25NO3. The van der Waals surface area contributed by atoms with E-state index in [0.717, 1.165) is 18.5 Å². The van der Waals surface area contributed by atoms with Gasteiger partial charge in [0.2, 0.25) is 0 Å². The van der Waals surface area contributed by atoms with E-state index < -0.39 is 5.60 Å². The molecular weight excluding hydrogens is 278 g/mol. The largest absolute Gasteiger partial charge is 0.399 e. The Hall–Kier alpha value is -1.62. The van der Waals surface area contributed by atoms with Crippen molar-refractivity contribution in [2.24, 2.45) is 0 Å². The van der Waals surface area contributed by atoms with Crippen molar-refractivity contribution < 1.29 is 14.2 Å². The van der Waals surface area contributed by atoms with Crippen LogP contribution in [0.2, 0.25) is 0 Å². The number of nitrogen functional groups attached to an aromatic ring is 1. The number of ether oxygens (including phenoxy) is 3. The average molecular weight is 303 g/mol. The summed E-state index contributed by atoms with van der Waals surface area (Å²) in [5.74, 6) is 0. The van der Waals surface area contributed by atoms with Gasteiger partial charge in [0.05, 0.1) is 13.2 Å². The van der Waals surface area contributed by atoms with E-state index in [1.165, 1.54) is 11.1 Å². The normalized spacial score (nSPS) is 22.0. The maximum absolute atomic E-state index is 6.01. The highest BCUT2D eigenvalue weighted by Gasteiger charge is 2.29. The molecule has 0 fully saturated rings. The van der Waals surface area contributed by atoms with Gasteiger partial charge in [0, 0.05) is 26.5 Å². The molecule has 0 unspecified atom stereocenters.